The van der Waals surface area contributed by atoms with E-state index in [-0.39, 0.29) is 11.7 Å². The van der Waals surface area contributed by atoms with Gasteiger partial charge in [-0.05, 0) is 25.1 Å². The van der Waals surface area contributed by atoms with Crippen LogP contribution in [-0.2, 0) is 14.9 Å². The van der Waals surface area contributed by atoms with Gasteiger partial charge in [-0.1, -0.05) is 54.3 Å². The number of amides is 1. The molecule has 8 nitrogen and oxygen atoms in total. The third-order valence-electron chi connectivity index (χ3n) is 3.93. The molecule has 3 rings (SSSR count). The maximum absolute atomic E-state index is 12.7. The van der Waals surface area contributed by atoms with E-state index in [9.17, 15) is 23.3 Å². The summed E-state index contributed by atoms with van der Waals surface area (Å²) in [6.45, 7) is 2.22. The minimum absolute atomic E-state index is 0.0626. The maximum atomic E-state index is 12.7. The van der Waals surface area contributed by atoms with E-state index in [0.29, 0.717) is 21.3 Å². The molecule has 1 saturated heterocycles. The van der Waals surface area contributed by atoms with Crippen LogP contribution in [0.25, 0.3) is 6.08 Å². The number of nitrogens with zero attached hydrogens (tertiary/aromatic N) is 2. The molecule has 1 fully saturated rings. The molecule has 11 heteroatoms. The van der Waals surface area contributed by atoms with Gasteiger partial charge < -0.3 is 4.18 Å². The second-order valence-electron chi connectivity index (χ2n) is 5.73. The Bertz CT molecular complexity index is 1140. The zero-order chi connectivity index (χ0) is 21.2. The largest absolute Gasteiger partial charge is 0.378 e. The molecule has 2 aromatic rings. The first-order chi connectivity index (χ1) is 13.7. The predicted octanol–water partition coefficient (Wildman–Crippen LogP) is 3.58. The fourth-order valence-corrected chi connectivity index (χ4v) is 5.07. The average Bonchev–Trinajstić information content (AvgIpc) is 2.95. The monoisotopic (exact) mass is 450 g/mol. The molecular formula is C18H14N2O6S3. The lowest BCUT2D eigenvalue weighted by Gasteiger charge is -2.11. The summed E-state index contributed by atoms with van der Waals surface area (Å²) < 4.78 is 31.0. The average molecular weight is 451 g/mol. The first-order valence-corrected chi connectivity index (χ1v) is 10.9. The number of thiocarbonyl (C=S) groups is 1. The van der Waals surface area contributed by atoms with Crippen LogP contribution in [0.4, 0.5) is 5.69 Å². The van der Waals surface area contributed by atoms with Crippen LogP contribution in [0.5, 0.6) is 5.75 Å². The van der Waals surface area contributed by atoms with Crippen molar-refractivity contribution in [2.75, 3.05) is 6.54 Å². The number of hydrogen-bond acceptors (Lipinski definition) is 8. The zero-order valence-electron chi connectivity index (χ0n) is 15.0. The molecule has 1 aliphatic rings. The van der Waals surface area contributed by atoms with Crippen molar-refractivity contribution in [1.29, 1.82) is 0 Å². The Balaban J connectivity index is 1.99. The number of nitro groups is 1. The SMILES string of the molecule is CCN1C(=O)C(=Cc2ccccc2OS(=O)(=O)c2ccccc2[N+](=O)[O-])SC1=S. The van der Waals surface area contributed by atoms with E-state index >= 15 is 0 Å². The maximum Gasteiger partial charge on any atom is 0.346 e. The van der Waals surface area contributed by atoms with Gasteiger partial charge in [0.05, 0.1) is 9.83 Å². The van der Waals surface area contributed by atoms with Gasteiger partial charge in [0.15, 0.2) is 4.90 Å². The highest BCUT2D eigenvalue weighted by Gasteiger charge is 2.31. The van der Waals surface area contributed by atoms with Crippen molar-refractivity contribution in [1.82, 2.24) is 4.90 Å². The standard InChI is InChI=1S/C18H14N2O6S3/c1-2-19-17(21)15(28-18(19)27)11-12-7-3-5-9-14(12)26-29(24,25)16-10-6-4-8-13(16)20(22)23/h3-11H,2H2,1H3. The first-order valence-electron chi connectivity index (χ1n) is 8.27. The molecule has 2 aromatic carbocycles. The molecule has 0 unspecified atom stereocenters. The van der Waals surface area contributed by atoms with Crippen molar-refractivity contribution >= 4 is 56.1 Å². The summed E-state index contributed by atoms with van der Waals surface area (Å²) in [5.74, 6) is -0.341. The first kappa shape index (κ1) is 21.0. The van der Waals surface area contributed by atoms with E-state index in [0.717, 1.165) is 23.9 Å². The molecule has 0 aromatic heterocycles. The Morgan fingerprint density at radius 1 is 1.21 bits per heavy atom. The van der Waals surface area contributed by atoms with Crippen molar-refractivity contribution in [3.05, 3.63) is 69.1 Å². The molecule has 0 N–H and O–H groups in total. The topological polar surface area (TPSA) is 107 Å². The van der Waals surface area contributed by atoms with Crippen LogP contribution in [0.15, 0.2) is 58.3 Å². The molecule has 1 aliphatic heterocycles. The molecule has 1 amide bonds. The Kier molecular flexibility index (Phi) is 6.01. The Morgan fingerprint density at radius 3 is 2.52 bits per heavy atom. The van der Waals surface area contributed by atoms with Crippen LogP contribution in [-0.4, -0.2) is 35.0 Å². The molecule has 1 heterocycles. The van der Waals surface area contributed by atoms with Crippen LogP contribution in [0.1, 0.15) is 12.5 Å². The van der Waals surface area contributed by atoms with E-state index in [1.165, 1.54) is 29.2 Å². The minimum Gasteiger partial charge on any atom is -0.378 e. The minimum atomic E-state index is -4.48. The number of carbonyl (C=O) groups is 1. The fraction of sp³-hybridized carbons (Fsp3) is 0.111. The van der Waals surface area contributed by atoms with Crippen molar-refractivity contribution in [3.63, 3.8) is 0 Å². The molecule has 0 spiro atoms. The summed E-state index contributed by atoms with van der Waals surface area (Å²) in [5.41, 5.74) is -0.264. The third-order valence-corrected chi connectivity index (χ3v) is 6.59. The van der Waals surface area contributed by atoms with Crippen LogP contribution >= 0.6 is 24.0 Å². The smallest absolute Gasteiger partial charge is 0.346 e. The number of likely N-dealkylation sites (N-methyl/N-ethyl adjacent to an activating group) is 1. The number of benzene rings is 2. The highest BCUT2D eigenvalue weighted by Crippen LogP contribution is 2.35. The van der Waals surface area contributed by atoms with Gasteiger partial charge in [-0.25, -0.2) is 0 Å². The molecule has 0 saturated carbocycles. The summed E-state index contributed by atoms with van der Waals surface area (Å²) in [6, 6.07) is 11.1. The van der Waals surface area contributed by atoms with Gasteiger partial charge in [0, 0.05) is 18.2 Å². The Labute approximate surface area is 176 Å². The Hall–Kier alpha value is -2.76. The predicted molar refractivity (Wildman–Crippen MR) is 113 cm³/mol. The van der Waals surface area contributed by atoms with Crippen LogP contribution in [0.3, 0.4) is 0 Å². The molecule has 0 aliphatic carbocycles. The van der Waals surface area contributed by atoms with E-state index in [1.54, 1.807) is 25.1 Å². The van der Waals surface area contributed by atoms with Gasteiger partial charge in [0.25, 0.3) is 11.6 Å². The van der Waals surface area contributed by atoms with E-state index in [2.05, 4.69) is 0 Å². The van der Waals surface area contributed by atoms with E-state index in [4.69, 9.17) is 16.4 Å². The third kappa shape index (κ3) is 4.31. The lowest BCUT2D eigenvalue weighted by molar-refractivity contribution is -0.387. The molecule has 29 heavy (non-hydrogen) atoms. The number of nitro benzene ring substituents is 1. The number of para-hydroxylation sites is 2. The van der Waals surface area contributed by atoms with Crippen LogP contribution in [0.2, 0.25) is 0 Å². The van der Waals surface area contributed by atoms with Gasteiger partial charge in [0.2, 0.25) is 0 Å². The van der Waals surface area contributed by atoms with Crippen molar-refractivity contribution in [3.8, 4) is 5.75 Å². The van der Waals surface area contributed by atoms with Crippen molar-refractivity contribution in [2.24, 2.45) is 0 Å². The molecule has 0 atom stereocenters. The summed E-state index contributed by atoms with van der Waals surface area (Å²) in [4.78, 5) is 24.0. The van der Waals surface area contributed by atoms with Crippen LogP contribution in [0, 0.1) is 10.1 Å². The number of rotatable bonds is 6. The van der Waals surface area contributed by atoms with Crippen LogP contribution < -0.4 is 4.18 Å². The molecule has 0 bridgehead atoms. The number of carbonyl (C=O) groups excluding carboxylic acids is 1. The lowest BCUT2D eigenvalue weighted by Crippen LogP contribution is -2.27. The normalized spacial score (nSPS) is 15.8. The Morgan fingerprint density at radius 2 is 1.86 bits per heavy atom. The second-order valence-corrected chi connectivity index (χ2v) is 8.92. The van der Waals surface area contributed by atoms with Gasteiger partial charge in [-0.2, -0.15) is 8.42 Å². The zero-order valence-corrected chi connectivity index (χ0v) is 17.4. The summed E-state index contributed by atoms with van der Waals surface area (Å²) in [6.07, 6.45) is 1.49. The van der Waals surface area contributed by atoms with Gasteiger partial charge in [-0.3, -0.25) is 19.8 Å². The fourth-order valence-electron chi connectivity index (χ4n) is 2.57. The van der Waals surface area contributed by atoms with Gasteiger partial charge in [-0.15, -0.1) is 0 Å². The van der Waals surface area contributed by atoms with Gasteiger partial charge in [0.1, 0.15) is 10.1 Å². The number of hydrogen-bond donors (Lipinski definition) is 0. The highest BCUT2D eigenvalue weighted by molar-refractivity contribution is 8.26. The number of thioether (sulfide) groups is 1. The van der Waals surface area contributed by atoms with Crippen molar-refractivity contribution < 1.29 is 22.3 Å². The van der Waals surface area contributed by atoms with E-state index < -0.39 is 25.6 Å². The second kappa shape index (κ2) is 8.31. The molecule has 150 valence electrons. The van der Waals surface area contributed by atoms with Gasteiger partial charge >= 0.3 is 10.1 Å². The lowest BCUT2D eigenvalue weighted by atomic mass is 10.2. The van der Waals surface area contributed by atoms with E-state index in [1.807, 2.05) is 0 Å². The highest BCUT2D eigenvalue weighted by atomic mass is 32.2. The summed E-state index contributed by atoms with van der Waals surface area (Å²) in [7, 11) is -4.48. The molecule has 0 radical (unpaired) electrons. The van der Waals surface area contributed by atoms with Crippen molar-refractivity contribution in [2.45, 2.75) is 11.8 Å². The quantitative estimate of drug-likeness (QED) is 0.216. The summed E-state index contributed by atoms with van der Waals surface area (Å²) in [5, 5.41) is 11.2. The molecular weight excluding hydrogens is 436 g/mol. The summed E-state index contributed by atoms with van der Waals surface area (Å²) >= 11 is 6.27.